The van der Waals surface area contributed by atoms with E-state index in [2.05, 4.69) is 30.5 Å². The lowest BCUT2D eigenvalue weighted by Gasteiger charge is -2.34. The maximum atomic E-state index is 13.1. The van der Waals surface area contributed by atoms with Crippen LogP contribution < -0.4 is 10.2 Å². The Balaban J connectivity index is 1.46. The van der Waals surface area contributed by atoms with Crippen molar-refractivity contribution in [3.8, 4) is 11.3 Å². The number of anilines is 2. The van der Waals surface area contributed by atoms with Crippen LogP contribution in [0.3, 0.4) is 0 Å². The lowest BCUT2D eigenvalue weighted by molar-refractivity contribution is 0.102. The molecule has 0 unspecified atom stereocenters. The first-order valence-electron chi connectivity index (χ1n) is 10.7. The van der Waals surface area contributed by atoms with E-state index in [1.165, 1.54) is 0 Å². The van der Waals surface area contributed by atoms with Crippen molar-refractivity contribution >= 4 is 28.2 Å². The van der Waals surface area contributed by atoms with Crippen molar-refractivity contribution in [2.75, 3.05) is 29.9 Å². The molecule has 32 heavy (non-hydrogen) atoms. The third-order valence-corrected chi connectivity index (χ3v) is 5.97. The highest BCUT2D eigenvalue weighted by atomic mass is 16.3. The molecule has 3 N–H and O–H groups in total. The van der Waals surface area contributed by atoms with E-state index in [0.717, 1.165) is 53.8 Å². The Morgan fingerprint density at radius 2 is 2.12 bits per heavy atom. The van der Waals surface area contributed by atoms with Gasteiger partial charge in [0.15, 0.2) is 0 Å². The van der Waals surface area contributed by atoms with Crippen molar-refractivity contribution in [1.82, 2.24) is 25.0 Å². The molecule has 1 aliphatic rings. The summed E-state index contributed by atoms with van der Waals surface area (Å²) in [6.45, 7) is 1.86. The number of benzene rings is 1. The van der Waals surface area contributed by atoms with Crippen molar-refractivity contribution < 1.29 is 9.90 Å². The molecule has 1 fully saturated rings. The molecule has 9 heteroatoms. The number of aryl methyl sites for hydroxylation is 1. The first kappa shape index (κ1) is 20.2. The monoisotopic (exact) mass is 431 g/mol. The first-order chi connectivity index (χ1) is 15.6. The summed E-state index contributed by atoms with van der Waals surface area (Å²) in [4.78, 5) is 19.9. The average molecular weight is 432 g/mol. The summed E-state index contributed by atoms with van der Waals surface area (Å²) in [5, 5.41) is 24.8. The molecule has 0 atom stereocenters. The second-order valence-electron chi connectivity index (χ2n) is 8.19. The zero-order chi connectivity index (χ0) is 22.1. The van der Waals surface area contributed by atoms with Crippen LogP contribution in [0, 0.1) is 5.92 Å². The van der Waals surface area contributed by atoms with Gasteiger partial charge in [-0.2, -0.15) is 10.2 Å². The van der Waals surface area contributed by atoms with Gasteiger partial charge in [-0.05, 0) is 43.0 Å². The van der Waals surface area contributed by atoms with E-state index in [-0.39, 0.29) is 12.5 Å². The van der Waals surface area contributed by atoms with Crippen LogP contribution in [0.2, 0.25) is 0 Å². The average Bonchev–Trinajstić information content (AvgIpc) is 3.48. The second-order valence-corrected chi connectivity index (χ2v) is 8.19. The van der Waals surface area contributed by atoms with Crippen LogP contribution in [0.5, 0.6) is 0 Å². The summed E-state index contributed by atoms with van der Waals surface area (Å²) in [6.07, 6.45) is 7.18. The van der Waals surface area contributed by atoms with Gasteiger partial charge in [0.2, 0.25) is 0 Å². The molecule has 0 bridgehead atoms. The molecule has 0 saturated carbocycles. The summed E-state index contributed by atoms with van der Waals surface area (Å²) >= 11 is 0. The van der Waals surface area contributed by atoms with Gasteiger partial charge in [0.05, 0.1) is 28.8 Å². The molecule has 0 aliphatic carbocycles. The standard InChI is InChI=1S/C23H25N7O2/c1-29-13-16-9-21(22(10-20(16)28-29)30-7-5-15(14-31)6-8-30)27-23(32)19-4-2-3-18(26-19)17-11-24-25-12-17/h2-4,9-13,15,31H,5-8,14H2,1H3,(H,24,25)(H,27,32). The quantitative estimate of drug-likeness (QED) is 0.448. The molecule has 4 heterocycles. The Kier molecular flexibility index (Phi) is 5.32. The fourth-order valence-corrected chi connectivity index (χ4v) is 4.20. The van der Waals surface area contributed by atoms with Gasteiger partial charge in [-0.15, -0.1) is 0 Å². The van der Waals surface area contributed by atoms with Crippen LogP contribution in [0.4, 0.5) is 11.4 Å². The van der Waals surface area contributed by atoms with E-state index < -0.39 is 0 Å². The molecule has 5 rings (SSSR count). The number of carbonyl (C=O) groups is 1. The summed E-state index contributed by atoms with van der Waals surface area (Å²) in [6, 6.07) is 9.36. The topological polar surface area (TPSA) is 112 Å². The molecule has 3 aromatic heterocycles. The summed E-state index contributed by atoms with van der Waals surface area (Å²) in [7, 11) is 1.88. The van der Waals surface area contributed by atoms with E-state index >= 15 is 0 Å². The third kappa shape index (κ3) is 3.94. The van der Waals surface area contributed by atoms with Crippen molar-refractivity contribution in [3.05, 3.63) is 54.6 Å². The number of aromatic nitrogens is 5. The van der Waals surface area contributed by atoms with Crippen LogP contribution in [-0.4, -0.2) is 55.7 Å². The number of amides is 1. The zero-order valence-electron chi connectivity index (χ0n) is 17.8. The number of hydrogen-bond acceptors (Lipinski definition) is 6. The number of aliphatic hydroxyl groups excluding tert-OH is 1. The zero-order valence-corrected chi connectivity index (χ0v) is 17.8. The Hall–Kier alpha value is -3.72. The molecule has 0 radical (unpaired) electrons. The minimum atomic E-state index is -0.273. The number of rotatable bonds is 5. The lowest BCUT2D eigenvalue weighted by Crippen LogP contribution is -2.35. The molecule has 9 nitrogen and oxygen atoms in total. The van der Waals surface area contributed by atoms with Crippen LogP contribution >= 0.6 is 0 Å². The minimum absolute atomic E-state index is 0.218. The van der Waals surface area contributed by atoms with E-state index in [9.17, 15) is 9.90 Å². The van der Waals surface area contributed by atoms with Crippen LogP contribution in [0.25, 0.3) is 22.2 Å². The largest absolute Gasteiger partial charge is 0.396 e. The number of nitrogens with zero attached hydrogens (tertiary/aromatic N) is 5. The number of pyridine rings is 1. The van der Waals surface area contributed by atoms with Crippen molar-refractivity contribution in [1.29, 1.82) is 0 Å². The van der Waals surface area contributed by atoms with Gasteiger partial charge in [-0.1, -0.05) is 6.07 Å². The highest BCUT2D eigenvalue weighted by Gasteiger charge is 2.23. The van der Waals surface area contributed by atoms with Crippen molar-refractivity contribution in [2.45, 2.75) is 12.8 Å². The Labute approximate surface area is 185 Å². The fraction of sp³-hybridized carbons (Fsp3) is 0.304. The van der Waals surface area contributed by atoms with Gasteiger partial charge in [0.25, 0.3) is 5.91 Å². The molecule has 1 aromatic carbocycles. The van der Waals surface area contributed by atoms with Crippen molar-refractivity contribution in [3.63, 3.8) is 0 Å². The number of H-pyrrole nitrogens is 1. The summed E-state index contributed by atoms with van der Waals surface area (Å²) < 4.78 is 1.77. The Morgan fingerprint density at radius 1 is 1.28 bits per heavy atom. The number of aliphatic hydroxyl groups is 1. The normalized spacial score (nSPS) is 14.8. The maximum absolute atomic E-state index is 13.1. The third-order valence-electron chi connectivity index (χ3n) is 5.97. The van der Waals surface area contributed by atoms with E-state index in [1.807, 2.05) is 37.5 Å². The van der Waals surface area contributed by atoms with Gasteiger partial charge < -0.3 is 15.3 Å². The second kappa shape index (κ2) is 8.43. The van der Waals surface area contributed by atoms with Crippen LogP contribution in [-0.2, 0) is 7.05 Å². The molecular formula is C23H25N7O2. The van der Waals surface area contributed by atoms with E-state index in [1.54, 1.807) is 23.1 Å². The Bertz CT molecular complexity index is 1240. The van der Waals surface area contributed by atoms with E-state index in [4.69, 9.17) is 0 Å². The minimum Gasteiger partial charge on any atom is -0.396 e. The van der Waals surface area contributed by atoms with Crippen LogP contribution in [0.1, 0.15) is 23.3 Å². The smallest absolute Gasteiger partial charge is 0.274 e. The maximum Gasteiger partial charge on any atom is 0.274 e. The predicted octanol–water partition coefficient (Wildman–Crippen LogP) is 2.82. The van der Waals surface area contributed by atoms with Gasteiger partial charge in [-0.3, -0.25) is 14.6 Å². The number of hydrogen-bond donors (Lipinski definition) is 3. The van der Waals surface area contributed by atoms with Gasteiger partial charge >= 0.3 is 0 Å². The van der Waals surface area contributed by atoms with Gasteiger partial charge in [-0.25, -0.2) is 4.98 Å². The summed E-state index contributed by atoms with van der Waals surface area (Å²) in [5.41, 5.74) is 4.38. The molecule has 4 aromatic rings. The highest BCUT2D eigenvalue weighted by Crippen LogP contribution is 2.34. The lowest BCUT2D eigenvalue weighted by atomic mass is 9.97. The summed E-state index contributed by atoms with van der Waals surface area (Å²) in [5.74, 6) is 0.0582. The van der Waals surface area contributed by atoms with E-state index in [0.29, 0.717) is 17.3 Å². The number of aromatic amines is 1. The number of nitrogens with one attached hydrogen (secondary N) is 2. The Morgan fingerprint density at radius 3 is 2.88 bits per heavy atom. The SMILES string of the molecule is Cn1cc2cc(NC(=O)c3cccc(-c4cn[nH]c4)n3)c(N3CCC(CO)CC3)cc2n1. The number of fused-ring (bicyclic) bond motifs is 1. The first-order valence-corrected chi connectivity index (χ1v) is 10.7. The molecule has 1 amide bonds. The molecule has 1 aliphatic heterocycles. The molecule has 1 saturated heterocycles. The number of piperidine rings is 1. The fourth-order valence-electron chi connectivity index (χ4n) is 4.20. The van der Waals surface area contributed by atoms with Crippen molar-refractivity contribution in [2.24, 2.45) is 13.0 Å². The predicted molar refractivity (Wildman–Crippen MR) is 123 cm³/mol. The number of carbonyl (C=O) groups excluding carboxylic acids is 1. The van der Waals surface area contributed by atoms with Gasteiger partial charge in [0, 0.05) is 50.1 Å². The van der Waals surface area contributed by atoms with Gasteiger partial charge in [0.1, 0.15) is 5.69 Å². The molecule has 0 spiro atoms. The molecular weight excluding hydrogens is 406 g/mol. The van der Waals surface area contributed by atoms with Crippen LogP contribution in [0.15, 0.2) is 48.9 Å². The highest BCUT2D eigenvalue weighted by molar-refractivity contribution is 6.06. The molecule has 164 valence electrons.